The Morgan fingerprint density at radius 3 is 2.61 bits per heavy atom. The van der Waals surface area contributed by atoms with Gasteiger partial charge in [-0.15, -0.1) is 11.3 Å². The van der Waals surface area contributed by atoms with E-state index in [4.69, 9.17) is 4.74 Å². The summed E-state index contributed by atoms with van der Waals surface area (Å²) in [7, 11) is 2.06. The van der Waals surface area contributed by atoms with Crippen LogP contribution in [0, 0.1) is 13.8 Å². The molecule has 1 aliphatic rings. The van der Waals surface area contributed by atoms with Gasteiger partial charge < -0.3 is 9.84 Å². The average Bonchev–Trinajstić information content (AvgIpc) is 2.57. The largest absolute Gasteiger partial charge is 0.388 e. The van der Waals surface area contributed by atoms with Crippen molar-refractivity contribution in [2.75, 3.05) is 26.8 Å². The van der Waals surface area contributed by atoms with Crippen molar-refractivity contribution in [2.24, 2.45) is 0 Å². The molecule has 0 amide bonds. The van der Waals surface area contributed by atoms with E-state index in [-0.39, 0.29) is 0 Å². The van der Waals surface area contributed by atoms with Gasteiger partial charge in [0, 0.05) is 44.0 Å². The van der Waals surface area contributed by atoms with Crippen molar-refractivity contribution in [1.82, 2.24) is 9.88 Å². The zero-order chi connectivity index (χ0) is 13.2. The molecule has 0 radical (unpaired) electrons. The van der Waals surface area contributed by atoms with Gasteiger partial charge >= 0.3 is 0 Å². The maximum absolute atomic E-state index is 10.5. The zero-order valence-electron chi connectivity index (χ0n) is 11.4. The fourth-order valence-corrected chi connectivity index (χ4v) is 3.45. The van der Waals surface area contributed by atoms with E-state index in [2.05, 4.69) is 23.9 Å². The Morgan fingerprint density at radius 2 is 2.06 bits per heavy atom. The van der Waals surface area contributed by atoms with Gasteiger partial charge in [-0.3, -0.25) is 4.90 Å². The standard InChI is InChI=1S/C13H22N2O2S/c1-10-12(18-11(2)14-10)8-15(3)9-13(16)4-6-17-7-5-13/h16H,4-9H2,1-3H3. The fourth-order valence-electron chi connectivity index (χ4n) is 2.43. The Balaban J connectivity index is 1.91. The van der Waals surface area contributed by atoms with Crippen LogP contribution in [0.25, 0.3) is 0 Å². The van der Waals surface area contributed by atoms with E-state index in [1.165, 1.54) is 4.88 Å². The van der Waals surface area contributed by atoms with Crippen LogP contribution in [0.1, 0.15) is 28.4 Å². The number of thiazole rings is 1. The van der Waals surface area contributed by atoms with E-state index in [9.17, 15) is 5.11 Å². The Labute approximate surface area is 113 Å². The molecule has 1 fully saturated rings. The molecule has 1 aromatic rings. The maximum atomic E-state index is 10.5. The Hall–Kier alpha value is -0.490. The first-order chi connectivity index (χ1) is 8.48. The number of likely N-dealkylation sites (N-methyl/N-ethyl adjacent to an activating group) is 1. The van der Waals surface area contributed by atoms with Crippen molar-refractivity contribution in [3.63, 3.8) is 0 Å². The van der Waals surface area contributed by atoms with Crippen molar-refractivity contribution < 1.29 is 9.84 Å². The minimum absolute atomic E-state index is 0.583. The van der Waals surface area contributed by atoms with Crippen LogP contribution in [0.3, 0.4) is 0 Å². The predicted octanol–water partition coefficient (Wildman–Crippen LogP) is 1.73. The molecule has 0 unspecified atom stereocenters. The van der Waals surface area contributed by atoms with E-state index in [0.29, 0.717) is 19.8 Å². The van der Waals surface area contributed by atoms with Crippen molar-refractivity contribution in [3.8, 4) is 0 Å². The summed E-state index contributed by atoms with van der Waals surface area (Å²) in [6.45, 7) is 6.99. The number of aryl methyl sites for hydroxylation is 2. The minimum Gasteiger partial charge on any atom is -0.388 e. The van der Waals surface area contributed by atoms with Crippen molar-refractivity contribution in [3.05, 3.63) is 15.6 Å². The molecule has 0 spiro atoms. The van der Waals surface area contributed by atoms with Gasteiger partial charge in [-0.2, -0.15) is 0 Å². The third-order valence-electron chi connectivity index (χ3n) is 3.40. The van der Waals surface area contributed by atoms with E-state index < -0.39 is 5.60 Å². The monoisotopic (exact) mass is 270 g/mol. The van der Waals surface area contributed by atoms with E-state index in [1.54, 1.807) is 11.3 Å². The molecule has 0 bridgehead atoms. The zero-order valence-corrected chi connectivity index (χ0v) is 12.2. The third kappa shape index (κ3) is 3.51. The van der Waals surface area contributed by atoms with E-state index in [0.717, 1.165) is 30.1 Å². The van der Waals surface area contributed by atoms with Crippen LogP contribution in [-0.2, 0) is 11.3 Å². The van der Waals surface area contributed by atoms with Crippen LogP contribution in [0.4, 0.5) is 0 Å². The van der Waals surface area contributed by atoms with Gasteiger partial charge in [0.25, 0.3) is 0 Å². The number of ether oxygens (including phenoxy) is 1. The number of hydrogen-bond donors (Lipinski definition) is 1. The normalized spacial score (nSPS) is 19.4. The molecule has 0 saturated carbocycles. The molecule has 5 heteroatoms. The molecule has 102 valence electrons. The fraction of sp³-hybridized carbons (Fsp3) is 0.769. The number of nitrogens with zero attached hydrogens (tertiary/aromatic N) is 2. The lowest BCUT2D eigenvalue weighted by Crippen LogP contribution is -2.45. The van der Waals surface area contributed by atoms with Gasteiger partial charge in [-0.25, -0.2) is 4.98 Å². The highest BCUT2D eigenvalue weighted by atomic mass is 32.1. The first-order valence-electron chi connectivity index (χ1n) is 6.40. The smallest absolute Gasteiger partial charge is 0.0900 e. The van der Waals surface area contributed by atoms with Crippen LogP contribution in [0.2, 0.25) is 0 Å². The Kier molecular flexibility index (Phi) is 4.37. The lowest BCUT2D eigenvalue weighted by Gasteiger charge is -2.35. The minimum atomic E-state index is -0.583. The third-order valence-corrected chi connectivity index (χ3v) is 4.46. The van der Waals surface area contributed by atoms with Crippen LogP contribution in [0.5, 0.6) is 0 Å². The van der Waals surface area contributed by atoms with Crippen molar-refractivity contribution >= 4 is 11.3 Å². The van der Waals surface area contributed by atoms with Gasteiger partial charge in [0.15, 0.2) is 0 Å². The summed E-state index contributed by atoms with van der Waals surface area (Å²) in [5.74, 6) is 0. The first-order valence-corrected chi connectivity index (χ1v) is 7.22. The molecule has 1 aromatic heterocycles. The Bertz CT molecular complexity index is 400. The van der Waals surface area contributed by atoms with Crippen molar-refractivity contribution in [1.29, 1.82) is 0 Å². The van der Waals surface area contributed by atoms with Gasteiger partial charge in [-0.05, 0) is 20.9 Å². The van der Waals surface area contributed by atoms with E-state index >= 15 is 0 Å². The summed E-state index contributed by atoms with van der Waals surface area (Å²) in [5.41, 5.74) is 0.531. The van der Waals surface area contributed by atoms with Crippen LogP contribution < -0.4 is 0 Å². The highest BCUT2D eigenvalue weighted by Crippen LogP contribution is 2.24. The number of aromatic nitrogens is 1. The molecule has 2 heterocycles. The number of aliphatic hydroxyl groups is 1. The molecule has 2 rings (SSSR count). The van der Waals surface area contributed by atoms with Gasteiger partial charge in [0.1, 0.15) is 0 Å². The summed E-state index contributed by atoms with van der Waals surface area (Å²) in [6, 6.07) is 0. The molecule has 0 aliphatic carbocycles. The summed E-state index contributed by atoms with van der Waals surface area (Å²) in [4.78, 5) is 7.92. The summed E-state index contributed by atoms with van der Waals surface area (Å²) in [5, 5.41) is 11.6. The average molecular weight is 270 g/mol. The predicted molar refractivity (Wildman–Crippen MR) is 72.9 cm³/mol. The molecule has 0 atom stereocenters. The molecule has 4 nitrogen and oxygen atoms in total. The van der Waals surface area contributed by atoms with Gasteiger partial charge in [0.2, 0.25) is 0 Å². The van der Waals surface area contributed by atoms with Gasteiger partial charge in [0.05, 0.1) is 16.3 Å². The first kappa shape index (κ1) is 13.9. The van der Waals surface area contributed by atoms with Crippen LogP contribution >= 0.6 is 11.3 Å². The quantitative estimate of drug-likeness (QED) is 0.905. The second kappa shape index (κ2) is 5.65. The van der Waals surface area contributed by atoms with Crippen molar-refractivity contribution in [2.45, 2.75) is 38.8 Å². The van der Waals surface area contributed by atoms with Crippen LogP contribution in [0.15, 0.2) is 0 Å². The second-order valence-electron chi connectivity index (χ2n) is 5.25. The Morgan fingerprint density at radius 1 is 1.39 bits per heavy atom. The summed E-state index contributed by atoms with van der Waals surface area (Å²) < 4.78 is 5.30. The molecule has 0 aromatic carbocycles. The second-order valence-corrected chi connectivity index (χ2v) is 6.54. The number of rotatable bonds is 4. The molecular formula is C13H22N2O2S. The summed E-state index contributed by atoms with van der Waals surface area (Å²) in [6.07, 6.45) is 1.47. The molecule has 1 saturated heterocycles. The van der Waals surface area contributed by atoms with E-state index in [1.807, 2.05) is 6.92 Å². The molecule has 1 N–H and O–H groups in total. The lowest BCUT2D eigenvalue weighted by molar-refractivity contribution is -0.0776. The molecule has 1 aliphatic heterocycles. The van der Waals surface area contributed by atoms with Gasteiger partial charge in [-0.1, -0.05) is 0 Å². The highest BCUT2D eigenvalue weighted by molar-refractivity contribution is 7.11. The summed E-state index contributed by atoms with van der Waals surface area (Å²) >= 11 is 1.74. The highest BCUT2D eigenvalue weighted by Gasteiger charge is 2.31. The topological polar surface area (TPSA) is 45.6 Å². The molecule has 18 heavy (non-hydrogen) atoms. The number of hydrogen-bond acceptors (Lipinski definition) is 5. The molecular weight excluding hydrogens is 248 g/mol. The SMILES string of the molecule is Cc1nc(C)c(CN(C)CC2(O)CCOCC2)s1. The van der Waals surface area contributed by atoms with Crippen LogP contribution in [-0.4, -0.2) is 47.4 Å². The maximum Gasteiger partial charge on any atom is 0.0900 e. The lowest BCUT2D eigenvalue weighted by atomic mass is 9.94.